The minimum Gasteiger partial charge on any atom is -0.316 e. The van der Waals surface area contributed by atoms with Crippen molar-refractivity contribution in [1.29, 1.82) is 0 Å². The molecule has 1 aliphatic heterocycles. The van der Waals surface area contributed by atoms with E-state index in [0.717, 1.165) is 12.5 Å². The summed E-state index contributed by atoms with van der Waals surface area (Å²) < 4.78 is 0. The summed E-state index contributed by atoms with van der Waals surface area (Å²) >= 11 is 0. The van der Waals surface area contributed by atoms with Crippen LogP contribution in [0, 0.1) is 0 Å². The summed E-state index contributed by atoms with van der Waals surface area (Å²) in [5.41, 5.74) is 3.19. The van der Waals surface area contributed by atoms with Crippen LogP contribution in [0.1, 0.15) is 49.1 Å². The molecule has 1 saturated heterocycles. The van der Waals surface area contributed by atoms with E-state index in [9.17, 15) is 0 Å². The first kappa shape index (κ1) is 14.1. The number of fused-ring (bicyclic) bond motifs is 1. The molecule has 3 rings (SSSR count). The van der Waals surface area contributed by atoms with Crippen molar-refractivity contribution in [3.05, 3.63) is 35.4 Å². The maximum atomic E-state index is 3.69. The molecule has 1 aromatic rings. The van der Waals surface area contributed by atoms with Gasteiger partial charge in [-0.1, -0.05) is 24.3 Å². The van der Waals surface area contributed by atoms with Crippen LogP contribution in [0.2, 0.25) is 0 Å². The number of nitrogens with one attached hydrogen (secondary N) is 1. The lowest BCUT2D eigenvalue weighted by Gasteiger charge is -2.26. The van der Waals surface area contributed by atoms with E-state index in [1.54, 1.807) is 11.1 Å². The van der Waals surface area contributed by atoms with E-state index in [-0.39, 0.29) is 0 Å². The van der Waals surface area contributed by atoms with Gasteiger partial charge in [-0.25, -0.2) is 0 Å². The van der Waals surface area contributed by atoms with Crippen molar-refractivity contribution in [2.24, 2.45) is 0 Å². The van der Waals surface area contributed by atoms with Crippen LogP contribution in [0.3, 0.4) is 0 Å². The predicted molar refractivity (Wildman–Crippen MR) is 85.3 cm³/mol. The smallest absolute Gasteiger partial charge is 0.00202 e. The van der Waals surface area contributed by atoms with E-state index >= 15 is 0 Å². The SMILES string of the molecule is c1ccc2c(c1)CCCC2CNCCCN1CCCC1. The number of rotatable bonds is 6. The van der Waals surface area contributed by atoms with Gasteiger partial charge in [-0.2, -0.15) is 0 Å². The molecule has 0 radical (unpaired) electrons. The third kappa shape index (κ3) is 3.62. The Morgan fingerprint density at radius 1 is 1.10 bits per heavy atom. The normalized spacial score (nSPS) is 22.9. The maximum absolute atomic E-state index is 3.69. The molecule has 1 N–H and O–H groups in total. The first-order valence-electron chi connectivity index (χ1n) is 8.44. The molecule has 110 valence electrons. The zero-order chi connectivity index (χ0) is 13.6. The number of nitrogens with zero attached hydrogens (tertiary/aromatic N) is 1. The monoisotopic (exact) mass is 272 g/mol. The molecule has 2 aliphatic rings. The van der Waals surface area contributed by atoms with Gasteiger partial charge in [0.25, 0.3) is 0 Å². The Labute approximate surface area is 123 Å². The Balaban J connectivity index is 1.38. The number of likely N-dealkylation sites (tertiary alicyclic amines) is 1. The van der Waals surface area contributed by atoms with Crippen molar-refractivity contribution in [3.8, 4) is 0 Å². The van der Waals surface area contributed by atoms with Crippen molar-refractivity contribution in [2.75, 3.05) is 32.7 Å². The van der Waals surface area contributed by atoms with Gasteiger partial charge in [0.2, 0.25) is 0 Å². The molecule has 1 unspecified atom stereocenters. The molecule has 0 aromatic heterocycles. The van der Waals surface area contributed by atoms with E-state index in [4.69, 9.17) is 0 Å². The maximum Gasteiger partial charge on any atom is 0.00202 e. The lowest BCUT2D eigenvalue weighted by Crippen LogP contribution is -2.28. The molecule has 1 aliphatic carbocycles. The Bertz CT molecular complexity index is 410. The zero-order valence-corrected chi connectivity index (χ0v) is 12.6. The standard InChI is InChI=1S/C18H28N2/c1-2-10-18-16(7-1)8-5-9-17(18)15-19-11-6-14-20-12-3-4-13-20/h1-2,7,10,17,19H,3-6,8-9,11-15H2. The molecule has 2 nitrogen and oxygen atoms in total. The highest BCUT2D eigenvalue weighted by molar-refractivity contribution is 5.32. The second-order valence-corrected chi connectivity index (χ2v) is 6.39. The highest BCUT2D eigenvalue weighted by atomic mass is 15.1. The van der Waals surface area contributed by atoms with Crippen LogP contribution >= 0.6 is 0 Å². The third-order valence-electron chi connectivity index (χ3n) is 4.91. The van der Waals surface area contributed by atoms with E-state index < -0.39 is 0 Å². The molecular weight excluding hydrogens is 244 g/mol. The molecule has 0 spiro atoms. The summed E-state index contributed by atoms with van der Waals surface area (Å²) in [6.07, 6.45) is 8.11. The number of aryl methyl sites for hydroxylation is 1. The molecule has 0 amide bonds. The molecule has 20 heavy (non-hydrogen) atoms. The minimum atomic E-state index is 0.742. The Kier molecular flexibility index (Phi) is 5.10. The van der Waals surface area contributed by atoms with Crippen LogP contribution in [0.25, 0.3) is 0 Å². The Hall–Kier alpha value is -0.860. The lowest BCUT2D eigenvalue weighted by molar-refractivity contribution is 0.330. The average molecular weight is 272 g/mol. The molecular formula is C18H28N2. The molecule has 1 atom stereocenters. The molecule has 2 heteroatoms. The summed E-state index contributed by atoms with van der Waals surface area (Å²) in [6.45, 7) is 6.28. The van der Waals surface area contributed by atoms with E-state index in [2.05, 4.69) is 34.5 Å². The topological polar surface area (TPSA) is 15.3 Å². The number of benzene rings is 1. The van der Waals surface area contributed by atoms with E-state index in [1.165, 1.54) is 64.7 Å². The van der Waals surface area contributed by atoms with Crippen LogP contribution in [0.4, 0.5) is 0 Å². The van der Waals surface area contributed by atoms with Crippen molar-refractivity contribution in [3.63, 3.8) is 0 Å². The van der Waals surface area contributed by atoms with Crippen LogP contribution < -0.4 is 5.32 Å². The van der Waals surface area contributed by atoms with Gasteiger partial charge in [-0.05, 0) is 81.7 Å². The van der Waals surface area contributed by atoms with Crippen LogP contribution in [-0.2, 0) is 6.42 Å². The van der Waals surface area contributed by atoms with Crippen molar-refractivity contribution < 1.29 is 0 Å². The average Bonchev–Trinajstić information content (AvgIpc) is 3.00. The van der Waals surface area contributed by atoms with Gasteiger partial charge in [0.05, 0.1) is 0 Å². The first-order valence-corrected chi connectivity index (χ1v) is 8.44. The molecule has 1 heterocycles. The fourth-order valence-electron chi connectivity index (χ4n) is 3.78. The Morgan fingerprint density at radius 2 is 1.95 bits per heavy atom. The van der Waals surface area contributed by atoms with Crippen LogP contribution in [-0.4, -0.2) is 37.6 Å². The van der Waals surface area contributed by atoms with Gasteiger partial charge < -0.3 is 10.2 Å². The molecule has 1 aromatic carbocycles. The minimum absolute atomic E-state index is 0.742. The summed E-state index contributed by atoms with van der Waals surface area (Å²) in [5.74, 6) is 0.742. The number of hydrogen-bond donors (Lipinski definition) is 1. The number of hydrogen-bond acceptors (Lipinski definition) is 2. The van der Waals surface area contributed by atoms with Gasteiger partial charge in [-0.15, -0.1) is 0 Å². The lowest BCUT2D eigenvalue weighted by atomic mass is 9.83. The van der Waals surface area contributed by atoms with Gasteiger partial charge in [-0.3, -0.25) is 0 Å². The molecule has 0 bridgehead atoms. The fourth-order valence-corrected chi connectivity index (χ4v) is 3.78. The highest BCUT2D eigenvalue weighted by Gasteiger charge is 2.19. The van der Waals surface area contributed by atoms with E-state index in [0.29, 0.717) is 0 Å². The van der Waals surface area contributed by atoms with Gasteiger partial charge in [0.15, 0.2) is 0 Å². The third-order valence-corrected chi connectivity index (χ3v) is 4.91. The van der Waals surface area contributed by atoms with Gasteiger partial charge >= 0.3 is 0 Å². The highest BCUT2D eigenvalue weighted by Crippen LogP contribution is 2.30. The molecule has 1 fully saturated rings. The summed E-state index contributed by atoms with van der Waals surface area (Å²) in [7, 11) is 0. The summed E-state index contributed by atoms with van der Waals surface area (Å²) in [4.78, 5) is 2.61. The van der Waals surface area contributed by atoms with Crippen molar-refractivity contribution in [1.82, 2.24) is 10.2 Å². The van der Waals surface area contributed by atoms with E-state index in [1.807, 2.05) is 0 Å². The summed E-state index contributed by atoms with van der Waals surface area (Å²) in [5, 5.41) is 3.69. The predicted octanol–water partition coefficient (Wildman–Crippen LogP) is 3.18. The fraction of sp³-hybridized carbons (Fsp3) is 0.667. The molecule has 0 saturated carbocycles. The zero-order valence-electron chi connectivity index (χ0n) is 12.6. The van der Waals surface area contributed by atoms with Crippen molar-refractivity contribution >= 4 is 0 Å². The largest absolute Gasteiger partial charge is 0.316 e. The summed E-state index contributed by atoms with van der Waals surface area (Å²) in [6, 6.07) is 9.04. The Morgan fingerprint density at radius 3 is 2.85 bits per heavy atom. The quantitative estimate of drug-likeness (QED) is 0.800. The first-order chi connectivity index (χ1) is 9.93. The van der Waals surface area contributed by atoms with Crippen LogP contribution in [0.5, 0.6) is 0 Å². The second kappa shape index (κ2) is 7.24. The van der Waals surface area contributed by atoms with Gasteiger partial charge in [0.1, 0.15) is 0 Å². The van der Waals surface area contributed by atoms with Gasteiger partial charge in [0, 0.05) is 6.54 Å². The van der Waals surface area contributed by atoms with Crippen molar-refractivity contribution in [2.45, 2.75) is 44.4 Å². The second-order valence-electron chi connectivity index (χ2n) is 6.39. The van der Waals surface area contributed by atoms with Crippen LogP contribution in [0.15, 0.2) is 24.3 Å².